The van der Waals surface area contributed by atoms with E-state index in [1.807, 2.05) is 0 Å². The Morgan fingerprint density at radius 2 is 1.80 bits per heavy atom. The average Bonchev–Trinajstić information content (AvgIpc) is 3.55. The van der Waals surface area contributed by atoms with Crippen molar-refractivity contribution in [2.75, 3.05) is 7.05 Å². The lowest BCUT2D eigenvalue weighted by Gasteiger charge is -2.27. The second kappa shape index (κ2) is 9.81. The number of carbonyl (C=O) groups excluding carboxylic acids is 1. The highest BCUT2D eigenvalue weighted by Gasteiger charge is 2.40. The Morgan fingerprint density at radius 3 is 2.48 bits per heavy atom. The van der Waals surface area contributed by atoms with Crippen molar-refractivity contribution in [1.29, 1.82) is 0 Å². The maximum atomic E-state index is 14.2. The summed E-state index contributed by atoms with van der Waals surface area (Å²) < 4.78 is 99.7. The van der Waals surface area contributed by atoms with Crippen LogP contribution in [0, 0.1) is 5.82 Å². The van der Waals surface area contributed by atoms with Gasteiger partial charge >= 0.3 is 12.4 Å². The van der Waals surface area contributed by atoms with Crippen LogP contribution in [0.3, 0.4) is 0 Å². The number of fused-ring (bicyclic) bond motifs is 1. The lowest BCUT2D eigenvalue weighted by Crippen LogP contribution is -2.37. The number of carbonyl (C=O) groups is 1. The second-order valence-corrected chi connectivity index (χ2v) is 8.65. The quantitative estimate of drug-likeness (QED) is 0.309. The number of imidazole rings is 1. The van der Waals surface area contributed by atoms with E-state index in [1.54, 1.807) is 6.07 Å². The van der Waals surface area contributed by atoms with E-state index in [0.717, 1.165) is 6.07 Å². The fourth-order valence-electron chi connectivity index (χ4n) is 4.19. The van der Waals surface area contributed by atoms with Gasteiger partial charge in [-0.05, 0) is 24.3 Å². The van der Waals surface area contributed by atoms with Crippen molar-refractivity contribution in [2.24, 2.45) is 5.10 Å². The predicted octanol–water partition coefficient (Wildman–Crippen LogP) is 5.55. The number of amides is 1. The molecule has 0 spiro atoms. The number of nitrogens with zero attached hydrogens (tertiary/aromatic N) is 4. The number of halogens is 7. The number of alkyl halides is 6. The van der Waals surface area contributed by atoms with E-state index in [9.17, 15) is 35.5 Å². The van der Waals surface area contributed by atoms with E-state index in [2.05, 4.69) is 25.5 Å². The zero-order valence-corrected chi connectivity index (χ0v) is 20.2. The summed E-state index contributed by atoms with van der Waals surface area (Å²) in [7, 11) is 1.31. The first-order valence-electron chi connectivity index (χ1n) is 11.5. The highest BCUT2D eigenvalue weighted by molar-refractivity contribution is 5.84. The van der Waals surface area contributed by atoms with Gasteiger partial charge in [0.2, 0.25) is 0 Å². The molecule has 0 saturated heterocycles. The van der Waals surface area contributed by atoms with Gasteiger partial charge in [0.25, 0.3) is 5.91 Å². The van der Waals surface area contributed by atoms with Crippen molar-refractivity contribution in [3.8, 4) is 22.6 Å². The number of hydrogen-bond acceptors (Lipinski definition) is 6. The van der Waals surface area contributed by atoms with Gasteiger partial charge in [-0.1, -0.05) is 23.4 Å². The van der Waals surface area contributed by atoms with Crippen molar-refractivity contribution in [2.45, 2.75) is 24.9 Å². The van der Waals surface area contributed by atoms with Crippen LogP contribution in [0.2, 0.25) is 0 Å². The monoisotopic (exact) mass is 566 g/mol. The number of H-pyrrole nitrogens is 1. The summed E-state index contributed by atoms with van der Waals surface area (Å²) in [6, 6.07) is 6.75. The van der Waals surface area contributed by atoms with E-state index in [0.29, 0.717) is 23.5 Å². The highest BCUT2D eigenvalue weighted by atomic mass is 19.4. The maximum absolute atomic E-state index is 14.2. The van der Waals surface area contributed by atoms with E-state index in [-0.39, 0.29) is 29.8 Å². The third-order valence-corrected chi connectivity index (χ3v) is 6.11. The summed E-state index contributed by atoms with van der Waals surface area (Å²) in [4.78, 5) is 20.2. The van der Waals surface area contributed by atoms with Gasteiger partial charge < -0.3 is 14.8 Å². The normalized spacial score (nSPS) is 14.2. The SMILES string of the molecule is CNC(=O)C(c1cc(-c2ccc(C(F)(F)F)cc2C(F)(F)F)no1)N1Cc2nc(-c3ccccc3F)[nH]c2C=N1. The van der Waals surface area contributed by atoms with Crippen LogP contribution in [0.1, 0.15) is 34.3 Å². The zero-order chi connectivity index (χ0) is 28.8. The molecule has 2 aromatic heterocycles. The molecule has 2 aromatic carbocycles. The predicted molar refractivity (Wildman–Crippen MR) is 126 cm³/mol. The molecule has 0 saturated carbocycles. The van der Waals surface area contributed by atoms with Crippen LogP contribution in [-0.4, -0.2) is 39.3 Å². The Bertz CT molecular complexity index is 1610. The zero-order valence-electron chi connectivity index (χ0n) is 20.2. The molecule has 1 aliphatic heterocycles. The Balaban J connectivity index is 1.48. The summed E-state index contributed by atoms with van der Waals surface area (Å²) in [5.74, 6) is -1.19. The summed E-state index contributed by atoms with van der Waals surface area (Å²) in [6.07, 6.45) is -8.80. The van der Waals surface area contributed by atoms with E-state index in [1.165, 1.54) is 36.5 Å². The van der Waals surface area contributed by atoms with Crippen molar-refractivity contribution < 1.29 is 40.1 Å². The van der Waals surface area contributed by atoms with Gasteiger partial charge in [0.15, 0.2) is 11.8 Å². The molecule has 3 heterocycles. The van der Waals surface area contributed by atoms with Gasteiger partial charge in [0.05, 0.1) is 40.8 Å². The third kappa shape index (κ3) is 5.01. The second-order valence-electron chi connectivity index (χ2n) is 8.65. The molecular weight excluding hydrogens is 549 g/mol. The summed E-state index contributed by atoms with van der Waals surface area (Å²) in [6.45, 7) is -0.0843. The Kier molecular flexibility index (Phi) is 6.59. The Morgan fingerprint density at radius 1 is 1.05 bits per heavy atom. The van der Waals surface area contributed by atoms with E-state index in [4.69, 9.17) is 4.52 Å². The number of nitrogens with one attached hydrogen (secondary N) is 2. The minimum atomic E-state index is -5.14. The van der Waals surface area contributed by atoms with Crippen LogP contribution < -0.4 is 5.32 Å². The molecule has 1 amide bonds. The van der Waals surface area contributed by atoms with Crippen LogP contribution >= 0.6 is 0 Å². The largest absolute Gasteiger partial charge is 0.417 e. The molecular formula is C25H17F7N6O2. The molecule has 0 aliphatic carbocycles. The molecule has 15 heteroatoms. The number of hydrazone groups is 1. The van der Waals surface area contributed by atoms with Crippen molar-refractivity contribution in [1.82, 2.24) is 25.5 Å². The first-order valence-corrected chi connectivity index (χ1v) is 11.5. The van der Waals surface area contributed by atoms with Crippen molar-refractivity contribution >= 4 is 12.1 Å². The molecule has 1 aliphatic rings. The minimum absolute atomic E-state index is 0.0128. The molecule has 1 atom stereocenters. The average molecular weight is 566 g/mol. The summed E-state index contributed by atoms with van der Waals surface area (Å²) in [5, 5.41) is 11.5. The Hall–Kier alpha value is -4.69. The molecule has 0 radical (unpaired) electrons. The van der Waals surface area contributed by atoms with Crippen LogP contribution in [0.15, 0.2) is 58.2 Å². The molecule has 4 aromatic rings. The van der Waals surface area contributed by atoms with Gasteiger partial charge in [-0.25, -0.2) is 9.37 Å². The molecule has 0 bridgehead atoms. The number of aromatic nitrogens is 3. The summed E-state index contributed by atoms with van der Waals surface area (Å²) >= 11 is 0. The number of aromatic amines is 1. The molecule has 2 N–H and O–H groups in total. The first kappa shape index (κ1) is 26.9. The van der Waals surface area contributed by atoms with E-state index < -0.39 is 52.5 Å². The number of benzene rings is 2. The first-order chi connectivity index (χ1) is 18.9. The van der Waals surface area contributed by atoms with Gasteiger partial charge in [0.1, 0.15) is 17.3 Å². The maximum Gasteiger partial charge on any atom is 0.417 e. The van der Waals surface area contributed by atoms with Crippen LogP contribution in [-0.2, 0) is 23.7 Å². The molecule has 40 heavy (non-hydrogen) atoms. The molecule has 1 unspecified atom stereocenters. The smallest absolute Gasteiger partial charge is 0.358 e. The molecule has 208 valence electrons. The van der Waals surface area contributed by atoms with Crippen LogP contribution in [0.5, 0.6) is 0 Å². The molecule has 8 nitrogen and oxygen atoms in total. The fourth-order valence-corrected chi connectivity index (χ4v) is 4.19. The number of hydrogen-bond donors (Lipinski definition) is 2. The van der Waals surface area contributed by atoms with Crippen molar-refractivity contribution in [3.05, 3.63) is 82.6 Å². The van der Waals surface area contributed by atoms with Gasteiger partial charge in [0, 0.05) is 18.7 Å². The Labute approximate surface area is 220 Å². The minimum Gasteiger partial charge on any atom is -0.358 e. The highest BCUT2D eigenvalue weighted by Crippen LogP contribution is 2.41. The lowest BCUT2D eigenvalue weighted by molar-refractivity contribution is -0.142. The van der Waals surface area contributed by atoms with Crippen LogP contribution in [0.25, 0.3) is 22.6 Å². The van der Waals surface area contributed by atoms with E-state index >= 15 is 0 Å². The van der Waals surface area contributed by atoms with Gasteiger partial charge in [-0.3, -0.25) is 9.80 Å². The fraction of sp³-hybridized carbons (Fsp3) is 0.200. The molecule has 5 rings (SSSR count). The number of likely N-dealkylation sites (N-methyl/N-ethyl adjacent to an activating group) is 1. The lowest BCUT2D eigenvalue weighted by atomic mass is 10.00. The number of rotatable bonds is 5. The van der Waals surface area contributed by atoms with Gasteiger partial charge in [-0.15, -0.1) is 0 Å². The molecule has 0 fully saturated rings. The van der Waals surface area contributed by atoms with Crippen LogP contribution in [0.4, 0.5) is 30.7 Å². The van der Waals surface area contributed by atoms with Gasteiger partial charge in [-0.2, -0.15) is 31.4 Å². The third-order valence-electron chi connectivity index (χ3n) is 6.11. The summed E-state index contributed by atoms with van der Waals surface area (Å²) in [5.41, 5.74) is -3.12. The standard InChI is InChI=1S/C25H17F7N6O2/c1-33-23(39)21(38-11-19-18(10-34-38)35-22(36-19)14-4-2-3-5-16(14)26)20-9-17(37-40-20)13-7-6-12(24(27,28)29)8-15(13)25(30,31)32/h2-10,21H,11H2,1H3,(H,33,39)(H,35,36). The van der Waals surface area contributed by atoms with Crippen molar-refractivity contribution in [3.63, 3.8) is 0 Å². The topological polar surface area (TPSA) is 99.4 Å².